The number of nitrogens with zero attached hydrogens (tertiary/aromatic N) is 2. The zero-order valence-electron chi connectivity index (χ0n) is 14.6. The molecular weight excluding hydrogens is 407 g/mol. The molecule has 136 valence electrons. The zero-order valence-corrected chi connectivity index (χ0v) is 16.9. The summed E-state index contributed by atoms with van der Waals surface area (Å²) in [6.45, 7) is 5.09. The molecule has 1 saturated heterocycles. The first-order valence-electron chi connectivity index (χ1n) is 8.61. The molecule has 0 amide bonds. The molecule has 2 N–H and O–H groups in total. The van der Waals surface area contributed by atoms with Gasteiger partial charge in [0.05, 0.1) is 19.8 Å². The number of aliphatic imine (C=N–C) groups is 1. The maximum absolute atomic E-state index is 5.47. The van der Waals surface area contributed by atoms with Crippen molar-refractivity contribution >= 4 is 29.9 Å². The Morgan fingerprint density at radius 3 is 2.70 bits per heavy atom. The van der Waals surface area contributed by atoms with E-state index >= 15 is 0 Å². The van der Waals surface area contributed by atoms with E-state index in [9.17, 15) is 0 Å². The molecule has 23 heavy (non-hydrogen) atoms. The molecule has 1 saturated carbocycles. The van der Waals surface area contributed by atoms with Crippen LogP contribution < -0.4 is 10.6 Å². The van der Waals surface area contributed by atoms with Crippen LogP contribution in [0, 0.1) is 0 Å². The van der Waals surface area contributed by atoms with Crippen LogP contribution in [0.3, 0.4) is 0 Å². The molecule has 1 aliphatic heterocycles. The minimum Gasteiger partial charge on any atom is -0.382 e. The van der Waals surface area contributed by atoms with E-state index in [4.69, 9.17) is 14.5 Å². The van der Waals surface area contributed by atoms with Crippen LogP contribution in [0.5, 0.6) is 0 Å². The van der Waals surface area contributed by atoms with Crippen LogP contribution in [0.1, 0.15) is 32.1 Å². The average Bonchev–Trinajstić information content (AvgIpc) is 3.24. The first-order valence-corrected chi connectivity index (χ1v) is 8.61. The van der Waals surface area contributed by atoms with Gasteiger partial charge in [0.1, 0.15) is 0 Å². The lowest BCUT2D eigenvalue weighted by Crippen LogP contribution is -2.40. The first kappa shape index (κ1) is 20.9. The molecule has 0 aromatic rings. The fourth-order valence-electron chi connectivity index (χ4n) is 2.61. The number of halogens is 1. The maximum Gasteiger partial charge on any atom is 0.191 e. The SMILES string of the molecule is COCCOCCCNC(=NCC1CCCN1C)NC1CC1.I. The summed E-state index contributed by atoms with van der Waals surface area (Å²) in [6, 6.07) is 1.24. The second kappa shape index (κ2) is 12.3. The number of guanidine groups is 1. The molecule has 2 rings (SSSR count). The molecule has 2 aliphatic rings. The quantitative estimate of drug-likeness (QED) is 0.233. The minimum absolute atomic E-state index is 0. The van der Waals surface area contributed by atoms with Crippen molar-refractivity contribution in [1.82, 2.24) is 15.5 Å². The van der Waals surface area contributed by atoms with E-state index in [1.165, 1.54) is 32.2 Å². The van der Waals surface area contributed by atoms with Crippen molar-refractivity contribution in [2.45, 2.75) is 44.2 Å². The Labute approximate surface area is 157 Å². The van der Waals surface area contributed by atoms with E-state index in [0.29, 0.717) is 25.3 Å². The zero-order chi connectivity index (χ0) is 15.6. The lowest BCUT2D eigenvalue weighted by molar-refractivity contribution is 0.0698. The molecule has 1 aliphatic carbocycles. The van der Waals surface area contributed by atoms with E-state index in [1.54, 1.807) is 7.11 Å². The van der Waals surface area contributed by atoms with Gasteiger partial charge in [-0.15, -0.1) is 24.0 Å². The Balaban J connectivity index is 0.00000264. The minimum atomic E-state index is 0. The van der Waals surface area contributed by atoms with Crippen molar-refractivity contribution < 1.29 is 9.47 Å². The third kappa shape index (κ3) is 9.07. The number of ether oxygens (including phenoxy) is 2. The van der Waals surface area contributed by atoms with Crippen molar-refractivity contribution in [1.29, 1.82) is 0 Å². The highest BCUT2D eigenvalue weighted by Crippen LogP contribution is 2.18. The Morgan fingerprint density at radius 2 is 2.04 bits per heavy atom. The molecule has 0 bridgehead atoms. The van der Waals surface area contributed by atoms with Crippen LogP contribution in [0.15, 0.2) is 4.99 Å². The number of nitrogens with one attached hydrogen (secondary N) is 2. The van der Waals surface area contributed by atoms with E-state index < -0.39 is 0 Å². The lowest BCUT2D eigenvalue weighted by atomic mass is 10.2. The molecule has 7 heteroatoms. The number of likely N-dealkylation sites (N-methyl/N-ethyl adjacent to an activating group) is 1. The van der Waals surface area contributed by atoms with Gasteiger partial charge in [0.2, 0.25) is 0 Å². The van der Waals surface area contributed by atoms with E-state index in [2.05, 4.69) is 22.6 Å². The molecule has 1 atom stereocenters. The summed E-state index contributed by atoms with van der Waals surface area (Å²) >= 11 is 0. The Hall–Kier alpha value is -0.120. The first-order chi connectivity index (χ1) is 10.8. The average molecular weight is 440 g/mol. The molecule has 2 fully saturated rings. The van der Waals surface area contributed by atoms with Gasteiger partial charge in [-0.2, -0.15) is 0 Å². The molecule has 1 heterocycles. The van der Waals surface area contributed by atoms with Gasteiger partial charge in [-0.1, -0.05) is 0 Å². The van der Waals surface area contributed by atoms with E-state index in [-0.39, 0.29) is 24.0 Å². The van der Waals surface area contributed by atoms with Crippen LogP contribution >= 0.6 is 24.0 Å². The smallest absolute Gasteiger partial charge is 0.191 e. The van der Waals surface area contributed by atoms with Crippen molar-refractivity contribution in [2.75, 3.05) is 53.6 Å². The van der Waals surface area contributed by atoms with Gasteiger partial charge in [0.15, 0.2) is 5.96 Å². The third-order valence-corrected chi connectivity index (χ3v) is 4.24. The largest absolute Gasteiger partial charge is 0.382 e. The summed E-state index contributed by atoms with van der Waals surface area (Å²) in [5, 5.41) is 6.93. The van der Waals surface area contributed by atoms with Crippen LogP contribution in [0.25, 0.3) is 0 Å². The van der Waals surface area contributed by atoms with Crippen LogP contribution in [0.2, 0.25) is 0 Å². The normalized spacial score (nSPS) is 22.0. The van der Waals surface area contributed by atoms with Crippen molar-refractivity contribution in [2.24, 2.45) is 4.99 Å². The van der Waals surface area contributed by atoms with Crippen LogP contribution in [-0.4, -0.2) is 76.6 Å². The van der Waals surface area contributed by atoms with Gasteiger partial charge in [0, 0.05) is 32.3 Å². The Bertz CT molecular complexity index is 340. The van der Waals surface area contributed by atoms with E-state index in [1.807, 2.05) is 0 Å². The fourth-order valence-corrected chi connectivity index (χ4v) is 2.61. The molecule has 1 unspecified atom stereocenters. The number of hydrogen-bond acceptors (Lipinski definition) is 4. The van der Waals surface area contributed by atoms with Crippen molar-refractivity contribution in [3.63, 3.8) is 0 Å². The molecular formula is C16H33IN4O2. The van der Waals surface area contributed by atoms with Crippen molar-refractivity contribution in [3.05, 3.63) is 0 Å². The van der Waals surface area contributed by atoms with Gasteiger partial charge < -0.3 is 25.0 Å². The van der Waals surface area contributed by atoms with E-state index in [0.717, 1.165) is 32.1 Å². The number of hydrogen-bond donors (Lipinski definition) is 2. The van der Waals surface area contributed by atoms with Gasteiger partial charge in [-0.3, -0.25) is 4.99 Å². The second-order valence-corrected chi connectivity index (χ2v) is 6.27. The maximum atomic E-state index is 5.47. The third-order valence-electron chi connectivity index (χ3n) is 4.24. The fraction of sp³-hybridized carbons (Fsp3) is 0.938. The van der Waals surface area contributed by atoms with Crippen molar-refractivity contribution in [3.8, 4) is 0 Å². The molecule has 6 nitrogen and oxygen atoms in total. The van der Waals surface area contributed by atoms with Gasteiger partial charge >= 0.3 is 0 Å². The molecule has 0 aromatic carbocycles. The monoisotopic (exact) mass is 440 g/mol. The van der Waals surface area contributed by atoms with Gasteiger partial charge in [-0.05, 0) is 45.7 Å². The summed E-state index contributed by atoms with van der Waals surface area (Å²) in [5.41, 5.74) is 0. The second-order valence-electron chi connectivity index (χ2n) is 6.27. The van der Waals surface area contributed by atoms with Crippen LogP contribution in [-0.2, 0) is 9.47 Å². The Kier molecular flexibility index (Phi) is 11.2. The van der Waals surface area contributed by atoms with Gasteiger partial charge in [-0.25, -0.2) is 0 Å². The highest BCUT2D eigenvalue weighted by Gasteiger charge is 2.23. The van der Waals surface area contributed by atoms with Gasteiger partial charge in [0.25, 0.3) is 0 Å². The standard InChI is InChI=1S/C16H32N4O2.HI/c1-20-9-3-5-15(20)13-18-16(19-14-6-7-14)17-8-4-10-22-12-11-21-2;/h14-15H,3-13H2,1-2H3,(H2,17,18,19);1H. The molecule has 0 radical (unpaired) electrons. The number of rotatable bonds is 10. The highest BCUT2D eigenvalue weighted by molar-refractivity contribution is 14.0. The Morgan fingerprint density at radius 1 is 1.22 bits per heavy atom. The highest BCUT2D eigenvalue weighted by atomic mass is 127. The summed E-state index contributed by atoms with van der Waals surface area (Å²) in [4.78, 5) is 7.19. The predicted octanol–water partition coefficient (Wildman–Crippen LogP) is 1.45. The number of likely N-dealkylation sites (tertiary alicyclic amines) is 1. The molecule has 0 aromatic heterocycles. The summed E-state index contributed by atoms with van der Waals surface area (Å²) in [5.74, 6) is 0.972. The molecule has 0 spiro atoms. The topological polar surface area (TPSA) is 58.1 Å². The lowest BCUT2D eigenvalue weighted by Gasteiger charge is -2.18. The summed E-state index contributed by atoms with van der Waals surface area (Å²) < 4.78 is 10.4. The van der Waals surface area contributed by atoms with Crippen LogP contribution in [0.4, 0.5) is 0 Å². The predicted molar refractivity (Wildman–Crippen MR) is 105 cm³/mol. The summed E-state index contributed by atoms with van der Waals surface area (Å²) in [7, 11) is 3.89. The summed E-state index contributed by atoms with van der Waals surface area (Å²) in [6.07, 6.45) is 6.09. The number of methoxy groups -OCH3 is 1.